The lowest BCUT2D eigenvalue weighted by molar-refractivity contribution is 0.186. The summed E-state index contributed by atoms with van der Waals surface area (Å²) >= 11 is 1.75. The molecule has 0 aliphatic rings. The molecule has 1 atom stereocenters. The molecule has 20 heavy (non-hydrogen) atoms. The van der Waals surface area contributed by atoms with Crippen molar-refractivity contribution in [3.8, 4) is 0 Å². The van der Waals surface area contributed by atoms with Gasteiger partial charge in [-0.15, -0.1) is 11.3 Å². The van der Waals surface area contributed by atoms with E-state index in [0.29, 0.717) is 13.2 Å². The molecule has 0 saturated heterocycles. The van der Waals surface area contributed by atoms with Crippen molar-refractivity contribution >= 4 is 17.0 Å². The van der Waals surface area contributed by atoms with Crippen LogP contribution in [0.25, 0.3) is 0 Å². The normalized spacial score (nSPS) is 12.3. The van der Waals surface area contributed by atoms with Gasteiger partial charge in [0.2, 0.25) is 0 Å². The predicted molar refractivity (Wildman–Crippen MR) is 83.7 cm³/mol. The Labute approximate surface area is 123 Å². The fourth-order valence-corrected chi connectivity index (χ4v) is 3.06. The number of aryl methyl sites for hydroxylation is 1. The van der Waals surface area contributed by atoms with Crippen LogP contribution in [0.15, 0.2) is 34.6 Å². The summed E-state index contributed by atoms with van der Waals surface area (Å²) in [5.41, 5.74) is 2.23. The molecule has 2 rings (SSSR count). The molecule has 2 heterocycles. The molecule has 0 saturated carbocycles. The third-order valence-corrected chi connectivity index (χ3v) is 4.40. The highest BCUT2D eigenvalue weighted by atomic mass is 32.1. The van der Waals surface area contributed by atoms with E-state index in [1.165, 1.54) is 10.4 Å². The number of anilines is 1. The molecule has 0 fully saturated rings. The first-order valence-corrected chi connectivity index (χ1v) is 7.49. The Morgan fingerprint density at radius 1 is 1.40 bits per heavy atom. The number of pyridine rings is 1. The lowest BCUT2D eigenvalue weighted by Gasteiger charge is -2.16. The van der Waals surface area contributed by atoms with Crippen LogP contribution in [-0.2, 0) is 11.3 Å². The van der Waals surface area contributed by atoms with Crippen LogP contribution in [0.1, 0.15) is 23.4 Å². The van der Waals surface area contributed by atoms with E-state index in [2.05, 4.69) is 30.6 Å². The second kappa shape index (κ2) is 6.72. The number of aromatic nitrogens is 1. The van der Waals surface area contributed by atoms with E-state index in [1.54, 1.807) is 29.1 Å². The molecule has 0 aromatic carbocycles. The molecular weight excluding hydrogens is 272 g/mol. The fourth-order valence-electron chi connectivity index (χ4n) is 2.12. The summed E-state index contributed by atoms with van der Waals surface area (Å²) in [5.74, 6) is 0. The molecule has 0 spiro atoms. The van der Waals surface area contributed by atoms with E-state index in [0.717, 1.165) is 5.69 Å². The minimum absolute atomic E-state index is 0.00689. The first-order chi connectivity index (χ1) is 9.61. The van der Waals surface area contributed by atoms with E-state index in [4.69, 9.17) is 4.74 Å². The van der Waals surface area contributed by atoms with E-state index < -0.39 is 0 Å². The lowest BCUT2D eigenvalue weighted by atomic mass is 10.2. The lowest BCUT2D eigenvalue weighted by Crippen LogP contribution is -2.21. The molecule has 0 aliphatic carbocycles. The molecule has 1 N–H and O–H groups in total. The van der Waals surface area contributed by atoms with Gasteiger partial charge in [0.15, 0.2) is 0 Å². The third kappa shape index (κ3) is 3.49. The van der Waals surface area contributed by atoms with Crippen LogP contribution in [0, 0.1) is 6.92 Å². The molecular formula is C15H20N2O2S. The van der Waals surface area contributed by atoms with E-state index >= 15 is 0 Å². The van der Waals surface area contributed by atoms with Crippen molar-refractivity contribution in [2.24, 2.45) is 0 Å². The minimum Gasteiger partial charge on any atom is -0.383 e. The van der Waals surface area contributed by atoms with Crippen LogP contribution in [0.4, 0.5) is 5.69 Å². The Morgan fingerprint density at radius 3 is 2.85 bits per heavy atom. The molecule has 0 bridgehead atoms. The number of thiophene rings is 1. The van der Waals surface area contributed by atoms with Gasteiger partial charge in [-0.05, 0) is 36.9 Å². The van der Waals surface area contributed by atoms with Crippen LogP contribution in [0.3, 0.4) is 0 Å². The molecule has 2 aromatic rings. The Morgan fingerprint density at radius 2 is 2.20 bits per heavy atom. The average molecular weight is 292 g/mol. The number of ether oxygens (including phenoxy) is 1. The summed E-state index contributed by atoms with van der Waals surface area (Å²) in [6.45, 7) is 5.34. The zero-order chi connectivity index (χ0) is 14.5. The van der Waals surface area contributed by atoms with Crippen molar-refractivity contribution in [1.29, 1.82) is 0 Å². The number of rotatable bonds is 6. The number of methoxy groups -OCH3 is 1. The van der Waals surface area contributed by atoms with Gasteiger partial charge in [0.1, 0.15) is 0 Å². The highest BCUT2D eigenvalue weighted by molar-refractivity contribution is 7.10. The minimum atomic E-state index is -0.00689. The monoisotopic (exact) mass is 292 g/mol. The Bertz CT molecular complexity index is 618. The Kier molecular flexibility index (Phi) is 4.98. The quantitative estimate of drug-likeness (QED) is 0.890. The first kappa shape index (κ1) is 14.8. The van der Waals surface area contributed by atoms with Crippen LogP contribution >= 0.6 is 11.3 Å². The summed E-state index contributed by atoms with van der Waals surface area (Å²) < 4.78 is 6.68. The molecule has 108 valence electrons. The van der Waals surface area contributed by atoms with Crippen molar-refractivity contribution in [2.45, 2.75) is 26.4 Å². The Balaban J connectivity index is 2.13. The van der Waals surface area contributed by atoms with Gasteiger partial charge in [-0.3, -0.25) is 4.79 Å². The van der Waals surface area contributed by atoms with Gasteiger partial charge >= 0.3 is 0 Å². The zero-order valence-corrected chi connectivity index (χ0v) is 12.9. The molecule has 0 amide bonds. The maximum Gasteiger partial charge on any atom is 0.250 e. The topological polar surface area (TPSA) is 43.3 Å². The van der Waals surface area contributed by atoms with Gasteiger partial charge < -0.3 is 14.6 Å². The van der Waals surface area contributed by atoms with Crippen LogP contribution in [-0.4, -0.2) is 18.3 Å². The largest absolute Gasteiger partial charge is 0.383 e. The van der Waals surface area contributed by atoms with Gasteiger partial charge in [0.05, 0.1) is 18.3 Å². The SMILES string of the molecule is COCCn1cc(NC(C)c2sccc2C)ccc1=O. The van der Waals surface area contributed by atoms with Crippen molar-refractivity contribution in [2.75, 3.05) is 19.0 Å². The standard InChI is InChI=1S/C15H20N2O2S/c1-11-6-9-20-15(11)12(2)16-13-4-5-14(18)17(10-13)7-8-19-3/h4-6,9-10,12,16H,7-8H2,1-3H3. The van der Waals surface area contributed by atoms with Gasteiger partial charge in [0.25, 0.3) is 5.56 Å². The molecule has 2 aromatic heterocycles. The molecule has 1 unspecified atom stereocenters. The summed E-state index contributed by atoms with van der Waals surface area (Å²) in [6, 6.07) is 5.76. The fraction of sp³-hybridized carbons (Fsp3) is 0.400. The van der Waals surface area contributed by atoms with E-state index in [1.807, 2.05) is 12.3 Å². The molecule has 0 aliphatic heterocycles. The summed E-state index contributed by atoms with van der Waals surface area (Å²) in [5, 5.41) is 5.54. The second-order valence-electron chi connectivity index (χ2n) is 4.78. The summed E-state index contributed by atoms with van der Waals surface area (Å²) in [4.78, 5) is 13.0. The van der Waals surface area contributed by atoms with E-state index in [-0.39, 0.29) is 11.6 Å². The highest BCUT2D eigenvalue weighted by Crippen LogP contribution is 2.26. The van der Waals surface area contributed by atoms with Crippen molar-refractivity contribution < 1.29 is 4.74 Å². The third-order valence-electron chi connectivity index (χ3n) is 3.20. The van der Waals surface area contributed by atoms with Crippen LogP contribution in [0.5, 0.6) is 0 Å². The zero-order valence-electron chi connectivity index (χ0n) is 12.1. The van der Waals surface area contributed by atoms with Gasteiger partial charge in [-0.1, -0.05) is 0 Å². The summed E-state index contributed by atoms with van der Waals surface area (Å²) in [7, 11) is 1.63. The second-order valence-corrected chi connectivity index (χ2v) is 5.72. The van der Waals surface area contributed by atoms with Crippen molar-refractivity contribution in [3.63, 3.8) is 0 Å². The number of nitrogens with one attached hydrogen (secondary N) is 1. The van der Waals surface area contributed by atoms with Gasteiger partial charge in [-0.25, -0.2) is 0 Å². The average Bonchev–Trinajstić information content (AvgIpc) is 2.85. The number of nitrogens with zero attached hydrogens (tertiary/aromatic N) is 1. The van der Waals surface area contributed by atoms with E-state index in [9.17, 15) is 4.79 Å². The Hall–Kier alpha value is -1.59. The van der Waals surface area contributed by atoms with Gasteiger partial charge in [-0.2, -0.15) is 0 Å². The van der Waals surface area contributed by atoms with Crippen molar-refractivity contribution in [3.05, 3.63) is 50.6 Å². The number of hydrogen-bond donors (Lipinski definition) is 1. The van der Waals surface area contributed by atoms with Gasteiger partial charge in [0, 0.05) is 30.8 Å². The summed E-state index contributed by atoms with van der Waals surface area (Å²) in [6.07, 6.45) is 1.85. The highest BCUT2D eigenvalue weighted by Gasteiger charge is 2.10. The van der Waals surface area contributed by atoms with Crippen LogP contribution < -0.4 is 10.9 Å². The molecule has 0 radical (unpaired) electrons. The predicted octanol–water partition coefficient (Wildman–Crippen LogP) is 3.04. The molecule has 4 nitrogen and oxygen atoms in total. The maximum absolute atomic E-state index is 11.7. The maximum atomic E-state index is 11.7. The molecule has 5 heteroatoms. The number of hydrogen-bond acceptors (Lipinski definition) is 4. The van der Waals surface area contributed by atoms with Crippen molar-refractivity contribution in [1.82, 2.24) is 4.57 Å². The first-order valence-electron chi connectivity index (χ1n) is 6.61. The smallest absolute Gasteiger partial charge is 0.250 e. The van der Waals surface area contributed by atoms with Crippen LogP contribution in [0.2, 0.25) is 0 Å².